The molecule has 0 saturated carbocycles. The quantitative estimate of drug-likeness (QED) is 0.854. The molecule has 0 atom stereocenters. The fourth-order valence-corrected chi connectivity index (χ4v) is 4.91. The van der Waals surface area contributed by atoms with Gasteiger partial charge in [0.25, 0.3) is 0 Å². The highest BCUT2D eigenvalue weighted by Gasteiger charge is 2.32. The Morgan fingerprint density at radius 2 is 1.96 bits per heavy atom. The van der Waals surface area contributed by atoms with Gasteiger partial charge in [0.05, 0.1) is 4.90 Å². The first-order chi connectivity index (χ1) is 12.3. The van der Waals surface area contributed by atoms with Gasteiger partial charge >= 0.3 is 0 Å². The molecule has 0 spiro atoms. The molecule has 1 aliphatic heterocycles. The first kappa shape index (κ1) is 18.9. The summed E-state index contributed by atoms with van der Waals surface area (Å²) in [5, 5.41) is 3.26. The molecule has 1 amide bonds. The smallest absolute Gasteiger partial charge is 0.243 e. The minimum atomic E-state index is -3.92. The zero-order valence-corrected chi connectivity index (χ0v) is 15.5. The highest BCUT2D eigenvalue weighted by molar-refractivity contribution is 7.89. The highest BCUT2D eigenvalue weighted by atomic mass is 32.2. The third-order valence-corrected chi connectivity index (χ3v) is 6.93. The zero-order chi connectivity index (χ0) is 18.9. The van der Waals surface area contributed by atoms with Crippen molar-refractivity contribution in [3.8, 4) is 0 Å². The fraction of sp³-hybridized carbons (Fsp3) is 0.375. The third kappa shape index (κ3) is 3.92. The summed E-state index contributed by atoms with van der Waals surface area (Å²) in [5.41, 5.74) is 0. The number of carbonyl (C=O) groups is 1. The van der Waals surface area contributed by atoms with Gasteiger partial charge in [0.2, 0.25) is 15.9 Å². The molecule has 1 aromatic heterocycles. The lowest BCUT2D eigenvalue weighted by Crippen LogP contribution is -2.41. The third-order valence-electron chi connectivity index (χ3n) is 4.20. The molecule has 1 N–H and O–H groups in total. The van der Waals surface area contributed by atoms with Gasteiger partial charge < -0.3 is 5.32 Å². The van der Waals surface area contributed by atoms with Crippen LogP contribution < -0.4 is 5.32 Å². The molecule has 1 saturated heterocycles. The monoisotopic (exact) mass is 401 g/mol. The SMILES string of the molecule is Cc1cnc(NC(=O)C2CCN(S(=O)(=O)c3ccc(F)c(F)c3)CC2)s1. The van der Waals surface area contributed by atoms with Gasteiger partial charge in [-0.15, -0.1) is 11.3 Å². The van der Waals surface area contributed by atoms with E-state index >= 15 is 0 Å². The summed E-state index contributed by atoms with van der Waals surface area (Å²) >= 11 is 1.37. The van der Waals surface area contributed by atoms with Gasteiger partial charge in [-0.05, 0) is 38.0 Å². The van der Waals surface area contributed by atoms with E-state index in [1.807, 2.05) is 6.92 Å². The van der Waals surface area contributed by atoms with Gasteiger partial charge in [0, 0.05) is 30.1 Å². The van der Waals surface area contributed by atoms with Gasteiger partial charge in [-0.1, -0.05) is 0 Å². The summed E-state index contributed by atoms with van der Waals surface area (Å²) < 4.78 is 52.6. The Morgan fingerprint density at radius 1 is 1.27 bits per heavy atom. The van der Waals surface area contributed by atoms with Crippen LogP contribution in [0.5, 0.6) is 0 Å². The molecule has 0 radical (unpaired) electrons. The number of piperidine rings is 1. The number of halogens is 2. The molecular weight excluding hydrogens is 384 g/mol. The van der Waals surface area contributed by atoms with E-state index in [0.29, 0.717) is 24.0 Å². The van der Waals surface area contributed by atoms with Crippen molar-refractivity contribution in [2.45, 2.75) is 24.7 Å². The molecule has 2 heterocycles. The molecular formula is C16H17F2N3O3S2. The average Bonchev–Trinajstić information content (AvgIpc) is 3.02. The summed E-state index contributed by atoms with van der Waals surface area (Å²) in [6.45, 7) is 2.15. The summed E-state index contributed by atoms with van der Waals surface area (Å²) in [6, 6.07) is 2.50. The van der Waals surface area contributed by atoms with E-state index in [1.165, 1.54) is 15.6 Å². The summed E-state index contributed by atoms with van der Waals surface area (Å²) in [5.74, 6) is -2.82. The molecule has 26 heavy (non-hydrogen) atoms. The predicted octanol–water partition coefficient (Wildman–Crippen LogP) is 2.77. The summed E-state index contributed by atoms with van der Waals surface area (Å²) in [7, 11) is -3.92. The molecule has 1 fully saturated rings. The molecule has 0 bridgehead atoms. The Hall–Kier alpha value is -1.91. The van der Waals surface area contributed by atoms with E-state index in [2.05, 4.69) is 10.3 Å². The number of aromatic nitrogens is 1. The van der Waals surface area contributed by atoms with Crippen molar-refractivity contribution < 1.29 is 22.0 Å². The molecule has 140 valence electrons. The molecule has 0 aliphatic carbocycles. The summed E-state index contributed by atoms with van der Waals surface area (Å²) in [6.07, 6.45) is 2.36. The second-order valence-electron chi connectivity index (χ2n) is 6.02. The van der Waals surface area contributed by atoms with Crippen LogP contribution in [0.25, 0.3) is 0 Å². The Bertz CT molecular complexity index is 923. The first-order valence-electron chi connectivity index (χ1n) is 7.96. The van der Waals surface area contributed by atoms with Gasteiger partial charge in [-0.2, -0.15) is 4.31 Å². The van der Waals surface area contributed by atoms with Crippen molar-refractivity contribution in [3.63, 3.8) is 0 Å². The lowest BCUT2D eigenvalue weighted by molar-refractivity contribution is -0.120. The van der Waals surface area contributed by atoms with Crippen LogP contribution in [0.4, 0.5) is 13.9 Å². The molecule has 1 aliphatic rings. The van der Waals surface area contributed by atoms with Crippen molar-refractivity contribution in [3.05, 3.63) is 40.9 Å². The number of nitrogens with zero attached hydrogens (tertiary/aromatic N) is 2. The topological polar surface area (TPSA) is 79.4 Å². The number of nitrogens with one attached hydrogen (secondary N) is 1. The second-order valence-corrected chi connectivity index (χ2v) is 9.19. The Morgan fingerprint density at radius 3 is 2.54 bits per heavy atom. The normalized spacial score (nSPS) is 16.6. The number of carbonyl (C=O) groups excluding carboxylic acids is 1. The average molecular weight is 401 g/mol. The Balaban J connectivity index is 1.63. The number of benzene rings is 1. The lowest BCUT2D eigenvalue weighted by atomic mass is 9.97. The number of hydrogen-bond acceptors (Lipinski definition) is 5. The van der Waals surface area contributed by atoms with Crippen LogP contribution >= 0.6 is 11.3 Å². The molecule has 2 aromatic rings. The van der Waals surface area contributed by atoms with Crippen LogP contribution in [-0.4, -0.2) is 36.7 Å². The second kappa shape index (κ2) is 7.37. The van der Waals surface area contributed by atoms with Gasteiger partial charge in [0.1, 0.15) is 0 Å². The Labute approximate surface area is 153 Å². The maximum absolute atomic E-state index is 13.3. The molecule has 1 aromatic carbocycles. The highest BCUT2D eigenvalue weighted by Crippen LogP contribution is 2.26. The molecule has 0 unspecified atom stereocenters. The standard InChI is InChI=1S/C16H17F2N3O3S2/c1-10-9-19-16(25-10)20-15(22)11-4-6-21(7-5-11)26(23,24)12-2-3-13(17)14(18)8-12/h2-3,8-9,11H,4-7H2,1H3,(H,19,20,22). The van der Waals surface area contributed by atoms with Gasteiger partial charge in [0.15, 0.2) is 16.8 Å². The first-order valence-corrected chi connectivity index (χ1v) is 10.2. The largest absolute Gasteiger partial charge is 0.302 e. The number of thiazole rings is 1. The fourth-order valence-electron chi connectivity index (χ4n) is 2.76. The van der Waals surface area contributed by atoms with Crippen molar-refractivity contribution >= 4 is 32.4 Å². The van der Waals surface area contributed by atoms with Crippen LogP contribution in [0, 0.1) is 24.5 Å². The van der Waals surface area contributed by atoms with E-state index in [1.54, 1.807) is 6.20 Å². The molecule has 6 nitrogen and oxygen atoms in total. The predicted molar refractivity (Wildman–Crippen MR) is 93.3 cm³/mol. The van der Waals surface area contributed by atoms with Crippen LogP contribution in [0.1, 0.15) is 17.7 Å². The van der Waals surface area contributed by atoms with E-state index in [9.17, 15) is 22.0 Å². The number of rotatable bonds is 4. The molecule has 10 heteroatoms. The maximum Gasteiger partial charge on any atom is 0.243 e. The lowest BCUT2D eigenvalue weighted by Gasteiger charge is -2.30. The molecule has 3 rings (SSSR count). The Kier molecular flexibility index (Phi) is 5.35. The van der Waals surface area contributed by atoms with Crippen molar-refractivity contribution in [1.29, 1.82) is 0 Å². The van der Waals surface area contributed by atoms with E-state index < -0.39 is 21.7 Å². The number of hydrogen-bond donors (Lipinski definition) is 1. The van der Waals surface area contributed by atoms with Gasteiger partial charge in [-0.3, -0.25) is 4.79 Å². The van der Waals surface area contributed by atoms with Crippen LogP contribution in [0.3, 0.4) is 0 Å². The van der Waals surface area contributed by atoms with Crippen LogP contribution in [0.2, 0.25) is 0 Å². The minimum absolute atomic E-state index is 0.135. The van der Waals surface area contributed by atoms with E-state index in [0.717, 1.165) is 17.0 Å². The maximum atomic E-state index is 13.3. The minimum Gasteiger partial charge on any atom is -0.302 e. The van der Waals surface area contributed by atoms with Crippen molar-refractivity contribution in [2.75, 3.05) is 18.4 Å². The number of sulfonamides is 1. The van der Waals surface area contributed by atoms with Crippen molar-refractivity contribution in [1.82, 2.24) is 9.29 Å². The number of anilines is 1. The number of aryl methyl sites for hydroxylation is 1. The summed E-state index contributed by atoms with van der Waals surface area (Å²) in [4.78, 5) is 17.0. The van der Waals surface area contributed by atoms with Crippen molar-refractivity contribution in [2.24, 2.45) is 5.92 Å². The van der Waals surface area contributed by atoms with Crippen LogP contribution in [-0.2, 0) is 14.8 Å². The zero-order valence-electron chi connectivity index (χ0n) is 13.9. The van der Waals surface area contributed by atoms with E-state index in [-0.39, 0.29) is 29.8 Å². The number of amides is 1. The van der Waals surface area contributed by atoms with Crippen LogP contribution in [0.15, 0.2) is 29.3 Å². The van der Waals surface area contributed by atoms with Gasteiger partial charge in [-0.25, -0.2) is 22.2 Å². The van der Waals surface area contributed by atoms with E-state index in [4.69, 9.17) is 0 Å².